The number of hydrogen-bond acceptors (Lipinski definition) is 3. The lowest BCUT2D eigenvalue weighted by molar-refractivity contribution is -0.121. The van der Waals surface area contributed by atoms with Crippen molar-refractivity contribution in [3.05, 3.63) is 35.4 Å². The van der Waals surface area contributed by atoms with Gasteiger partial charge in [0.25, 0.3) is 0 Å². The Morgan fingerprint density at radius 1 is 1.25 bits per heavy atom. The molecule has 0 aliphatic heterocycles. The molecule has 1 aromatic carbocycles. The van der Waals surface area contributed by atoms with Crippen molar-refractivity contribution in [2.75, 3.05) is 0 Å². The zero-order valence-electron chi connectivity index (χ0n) is 11.9. The topological polar surface area (TPSA) is 65.2 Å². The Balaban J connectivity index is 2.22. The van der Waals surface area contributed by atoms with Crippen LogP contribution in [0, 0.1) is 11.3 Å². The SMILES string of the molecule is CCCCCCCC(=O)N/N=C\c1ccc(C#N)cc1. The van der Waals surface area contributed by atoms with E-state index in [-0.39, 0.29) is 5.91 Å². The highest BCUT2D eigenvalue weighted by Gasteiger charge is 1.98. The summed E-state index contributed by atoms with van der Waals surface area (Å²) in [6, 6.07) is 9.07. The van der Waals surface area contributed by atoms with Crippen LogP contribution in [-0.2, 0) is 4.79 Å². The summed E-state index contributed by atoms with van der Waals surface area (Å²) in [4.78, 5) is 11.5. The van der Waals surface area contributed by atoms with Gasteiger partial charge in [-0.05, 0) is 24.1 Å². The molecule has 0 saturated heterocycles. The zero-order chi connectivity index (χ0) is 14.6. The highest BCUT2D eigenvalue weighted by atomic mass is 16.2. The molecule has 4 nitrogen and oxygen atoms in total. The molecule has 20 heavy (non-hydrogen) atoms. The van der Waals surface area contributed by atoms with Crippen molar-refractivity contribution in [2.24, 2.45) is 5.10 Å². The molecular formula is C16H21N3O. The normalized spacial score (nSPS) is 10.4. The largest absolute Gasteiger partial charge is 0.273 e. The molecule has 0 spiro atoms. The molecule has 0 heterocycles. The average Bonchev–Trinajstić information content (AvgIpc) is 2.48. The summed E-state index contributed by atoms with van der Waals surface area (Å²) in [6.45, 7) is 2.17. The number of unbranched alkanes of at least 4 members (excludes halogenated alkanes) is 4. The lowest BCUT2D eigenvalue weighted by Crippen LogP contribution is -2.16. The molecule has 0 aromatic heterocycles. The standard InChI is InChI=1S/C16H21N3O/c1-2-3-4-5-6-7-16(20)19-18-13-15-10-8-14(12-17)9-11-15/h8-11,13H,2-7H2,1H3,(H,19,20)/b18-13-. The molecule has 106 valence electrons. The van der Waals surface area contributed by atoms with Crippen LogP contribution >= 0.6 is 0 Å². The van der Waals surface area contributed by atoms with E-state index in [1.54, 1.807) is 30.5 Å². The van der Waals surface area contributed by atoms with Crippen molar-refractivity contribution in [1.82, 2.24) is 5.43 Å². The summed E-state index contributed by atoms with van der Waals surface area (Å²) in [5.74, 6) is -0.0496. The van der Waals surface area contributed by atoms with E-state index in [1.807, 2.05) is 0 Å². The predicted octanol–water partition coefficient (Wildman–Crippen LogP) is 3.37. The first kappa shape index (κ1) is 15.9. The van der Waals surface area contributed by atoms with Crippen LogP contribution in [0.3, 0.4) is 0 Å². The van der Waals surface area contributed by atoms with E-state index in [9.17, 15) is 4.79 Å². The first-order valence-corrected chi connectivity index (χ1v) is 7.08. The van der Waals surface area contributed by atoms with Gasteiger partial charge in [0.2, 0.25) is 5.91 Å². The lowest BCUT2D eigenvalue weighted by atomic mass is 10.1. The van der Waals surface area contributed by atoms with Gasteiger partial charge < -0.3 is 0 Å². The fourth-order valence-electron chi connectivity index (χ4n) is 1.77. The smallest absolute Gasteiger partial charge is 0.240 e. The Kier molecular flexibility index (Phi) is 7.74. The van der Waals surface area contributed by atoms with Gasteiger partial charge >= 0.3 is 0 Å². The summed E-state index contributed by atoms with van der Waals surface area (Å²) in [7, 11) is 0. The first-order chi connectivity index (χ1) is 9.76. The molecule has 4 heteroatoms. The minimum atomic E-state index is -0.0496. The number of rotatable bonds is 8. The molecule has 1 amide bonds. The van der Waals surface area contributed by atoms with Crippen LogP contribution in [0.4, 0.5) is 0 Å². The number of benzene rings is 1. The van der Waals surface area contributed by atoms with Gasteiger partial charge in [-0.1, -0.05) is 44.7 Å². The fraction of sp³-hybridized carbons (Fsp3) is 0.438. The Hall–Kier alpha value is -2.15. The van der Waals surface area contributed by atoms with Gasteiger partial charge in [0.05, 0.1) is 17.8 Å². The van der Waals surface area contributed by atoms with E-state index in [0.29, 0.717) is 12.0 Å². The zero-order valence-corrected chi connectivity index (χ0v) is 11.9. The van der Waals surface area contributed by atoms with Crippen molar-refractivity contribution >= 4 is 12.1 Å². The molecule has 0 atom stereocenters. The molecule has 0 fully saturated rings. The molecule has 0 saturated carbocycles. The van der Waals surface area contributed by atoms with E-state index >= 15 is 0 Å². The number of nitriles is 1. The highest BCUT2D eigenvalue weighted by molar-refractivity contribution is 5.82. The van der Waals surface area contributed by atoms with Crippen molar-refractivity contribution in [3.8, 4) is 6.07 Å². The van der Waals surface area contributed by atoms with Crippen molar-refractivity contribution in [2.45, 2.75) is 45.4 Å². The number of nitrogens with one attached hydrogen (secondary N) is 1. The van der Waals surface area contributed by atoms with Gasteiger partial charge in [0, 0.05) is 6.42 Å². The van der Waals surface area contributed by atoms with Crippen LogP contribution in [0.2, 0.25) is 0 Å². The summed E-state index contributed by atoms with van der Waals surface area (Å²) >= 11 is 0. The monoisotopic (exact) mass is 271 g/mol. The maximum Gasteiger partial charge on any atom is 0.240 e. The first-order valence-electron chi connectivity index (χ1n) is 7.08. The van der Waals surface area contributed by atoms with E-state index in [0.717, 1.165) is 18.4 Å². The Morgan fingerprint density at radius 3 is 2.60 bits per heavy atom. The molecule has 0 aliphatic rings. The number of carbonyl (C=O) groups is 1. The van der Waals surface area contributed by atoms with E-state index in [4.69, 9.17) is 5.26 Å². The van der Waals surface area contributed by atoms with Crippen LogP contribution < -0.4 is 5.43 Å². The summed E-state index contributed by atoms with van der Waals surface area (Å²) in [6.07, 6.45) is 7.75. The van der Waals surface area contributed by atoms with Gasteiger partial charge in [-0.2, -0.15) is 10.4 Å². The van der Waals surface area contributed by atoms with Gasteiger partial charge in [-0.3, -0.25) is 4.79 Å². The third-order valence-electron chi connectivity index (χ3n) is 2.95. The van der Waals surface area contributed by atoms with Crippen LogP contribution in [-0.4, -0.2) is 12.1 Å². The molecule has 0 bridgehead atoms. The third-order valence-corrected chi connectivity index (χ3v) is 2.95. The van der Waals surface area contributed by atoms with Crippen LogP contribution in [0.1, 0.15) is 56.6 Å². The minimum absolute atomic E-state index is 0.0496. The highest BCUT2D eigenvalue weighted by Crippen LogP contribution is 2.04. The summed E-state index contributed by atoms with van der Waals surface area (Å²) in [5.41, 5.74) is 3.98. The Bertz CT molecular complexity index is 471. The van der Waals surface area contributed by atoms with E-state index in [1.165, 1.54) is 19.3 Å². The van der Waals surface area contributed by atoms with E-state index < -0.39 is 0 Å². The molecule has 1 aromatic rings. The number of nitrogens with zero attached hydrogens (tertiary/aromatic N) is 2. The Labute approximate surface area is 120 Å². The molecule has 1 rings (SSSR count). The number of carbonyl (C=O) groups excluding carboxylic acids is 1. The van der Waals surface area contributed by atoms with Gasteiger partial charge in [0.15, 0.2) is 0 Å². The predicted molar refractivity (Wildman–Crippen MR) is 80.3 cm³/mol. The second-order valence-electron chi connectivity index (χ2n) is 4.69. The van der Waals surface area contributed by atoms with Crippen molar-refractivity contribution in [1.29, 1.82) is 5.26 Å². The Morgan fingerprint density at radius 2 is 1.95 bits per heavy atom. The fourth-order valence-corrected chi connectivity index (χ4v) is 1.77. The number of amides is 1. The second-order valence-corrected chi connectivity index (χ2v) is 4.69. The van der Waals surface area contributed by atoms with Crippen LogP contribution in [0.15, 0.2) is 29.4 Å². The number of hydrazone groups is 1. The number of hydrogen-bond donors (Lipinski definition) is 1. The molecule has 1 N–H and O–H groups in total. The lowest BCUT2D eigenvalue weighted by Gasteiger charge is -2.00. The van der Waals surface area contributed by atoms with Crippen LogP contribution in [0.25, 0.3) is 0 Å². The maximum atomic E-state index is 11.5. The summed E-state index contributed by atoms with van der Waals surface area (Å²) in [5, 5.41) is 12.6. The molecule has 0 unspecified atom stereocenters. The molecule has 0 aliphatic carbocycles. The van der Waals surface area contributed by atoms with E-state index in [2.05, 4.69) is 23.5 Å². The summed E-state index contributed by atoms with van der Waals surface area (Å²) < 4.78 is 0. The van der Waals surface area contributed by atoms with Crippen LogP contribution in [0.5, 0.6) is 0 Å². The third kappa shape index (κ3) is 6.69. The van der Waals surface area contributed by atoms with Gasteiger partial charge in [0.1, 0.15) is 0 Å². The van der Waals surface area contributed by atoms with Crippen molar-refractivity contribution < 1.29 is 4.79 Å². The average molecular weight is 271 g/mol. The quantitative estimate of drug-likeness (QED) is 0.447. The molecular weight excluding hydrogens is 250 g/mol. The molecule has 0 radical (unpaired) electrons. The van der Waals surface area contributed by atoms with Gasteiger partial charge in [-0.15, -0.1) is 0 Å². The maximum absolute atomic E-state index is 11.5. The van der Waals surface area contributed by atoms with Gasteiger partial charge in [-0.25, -0.2) is 5.43 Å². The second kappa shape index (κ2) is 9.74. The minimum Gasteiger partial charge on any atom is -0.273 e. The van der Waals surface area contributed by atoms with Crippen molar-refractivity contribution in [3.63, 3.8) is 0 Å².